The van der Waals surface area contributed by atoms with E-state index in [1.165, 1.54) is 45.3 Å². The zero-order chi connectivity index (χ0) is 15.6. The van der Waals surface area contributed by atoms with Crippen molar-refractivity contribution in [1.82, 2.24) is 0 Å². The molecule has 4 heteroatoms. The number of likely N-dealkylation sites (tertiary alicyclic amines) is 1. The zero-order valence-corrected chi connectivity index (χ0v) is 13.6. The van der Waals surface area contributed by atoms with Crippen LogP contribution >= 0.6 is 0 Å². The fourth-order valence-electron chi connectivity index (χ4n) is 2.95. The third-order valence-electron chi connectivity index (χ3n) is 4.15. The zero-order valence-electron chi connectivity index (χ0n) is 13.6. The highest BCUT2D eigenvalue weighted by Crippen LogP contribution is 2.28. The minimum absolute atomic E-state index is 0.566. The van der Waals surface area contributed by atoms with Crippen LogP contribution in [0.4, 0.5) is 0 Å². The van der Waals surface area contributed by atoms with Crippen molar-refractivity contribution in [1.29, 1.82) is 0 Å². The molecule has 0 bridgehead atoms. The molecular formula is C18H28NO3+. The summed E-state index contributed by atoms with van der Waals surface area (Å²) in [5, 5.41) is 0. The van der Waals surface area contributed by atoms with Gasteiger partial charge in [0.2, 0.25) is 0 Å². The van der Waals surface area contributed by atoms with Crippen molar-refractivity contribution >= 4 is 6.29 Å². The Morgan fingerprint density at radius 1 is 1.09 bits per heavy atom. The summed E-state index contributed by atoms with van der Waals surface area (Å²) in [5.74, 6) is 1.39. The maximum Gasteiger partial charge on any atom is 0.161 e. The molecule has 4 nitrogen and oxygen atoms in total. The monoisotopic (exact) mass is 306 g/mol. The second kappa shape index (κ2) is 9.46. The van der Waals surface area contributed by atoms with Gasteiger partial charge in [0.25, 0.3) is 0 Å². The summed E-state index contributed by atoms with van der Waals surface area (Å²) in [6.45, 7) is 7.13. The quantitative estimate of drug-likeness (QED) is 0.561. The van der Waals surface area contributed by atoms with Crippen LogP contribution in [0.25, 0.3) is 0 Å². The molecule has 0 unspecified atom stereocenters. The summed E-state index contributed by atoms with van der Waals surface area (Å²) in [6, 6.07) is 5.33. The molecule has 22 heavy (non-hydrogen) atoms. The number of nitrogens with one attached hydrogen (secondary N) is 1. The molecule has 1 aromatic carbocycles. The van der Waals surface area contributed by atoms with Crippen LogP contribution < -0.4 is 14.4 Å². The maximum atomic E-state index is 10.8. The molecule has 0 radical (unpaired) electrons. The fraction of sp³-hybridized carbons (Fsp3) is 0.611. The predicted octanol–water partition coefficient (Wildman–Crippen LogP) is 2.13. The Bertz CT molecular complexity index is 456. The van der Waals surface area contributed by atoms with Crippen molar-refractivity contribution < 1.29 is 19.2 Å². The molecule has 1 aliphatic heterocycles. The molecule has 1 fully saturated rings. The first-order valence-corrected chi connectivity index (χ1v) is 8.52. The average molecular weight is 306 g/mol. The van der Waals surface area contributed by atoms with Gasteiger partial charge in [-0.3, -0.25) is 4.79 Å². The molecule has 0 spiro atoms. The van der Waals surface area contributed by atoms with Crippen LogP contribution in [-0.4, -0.2) is 39.1 Å². The number of carbonyl (C=O) groups excluding carboxylic acids is 1. The van der Waals surface area contributed by atoms with Gasteiger partial charge in [0.1, 0.15) is 6.29 Å². The smallest absolute Gasteiger partial charge is 0.161 e. The molecule has 0 atom stereocenters. The number of unbranched alkanes of at least 4 members (excludes halogenated alkanes) is 1. The molecule has 0 aliphatic carbocycles. The van der Waals surface area contributed by atoms with E-state index in [4.69, 9.17) is 9.47 Å². The van der Waals surface area contributed by atoms with Gasteiger partial charge in [-0.2, -0.15) is 0 Å². The molecule has 0 saturated carbocycles. The van der Waals surface area contributed by atoms with Gasteiger partial charge in [-0.05, 0) is 57.2 Å². The number of aldehydes is 1. The number of hydrogen-bond donors (Lipinski definition) is 1. The number of carbonyl (C=O) groups is 1. The Morgan fingerprint density at radius 3 is 2.64 bits per heavy atom. The van der Waals surface area contributed by atoms with E-state index in [1.54, 1.807) is 17.0 Å². The Labute approximate surface area is 133 Å². The fourth-order valence-corrected chi connectivity index (χ4v) is 2.95. The van der Waals surface area contributed by atoms with Gasteiger partial charge in [0.15, 0.2) is 11.5 Å². The Kier molecular flexibility index (Phi) is 7.23. The highest BCUT2D eigenvalue weighted by Gasteiger charge is 2.12. The van der Waals surface area contributed by atoms with Gasteiger partial charge in [0.05, 0.1) is 32.8 Å². The Balaban J connectivity index is 1.72. The minimum atomic E-state index is 0.566. The molecule has 1 aromatic rings. The normalized spacial score (nSPS) is 15.5. The standard InChI is InChI=1S/C18H27NO3/c1-2-21-18-14-16(15-20)8-9-17(18)22-13-7-6-12-19-10-4-3-5-11-19/h8-9,14-15H,2-7,10-13H2,1H3/p+1. The number of benzene rings is 1. The third-order valence-corrected chi connectivity index (χ3v) is 4.15. The van der Waals surface area contributed by atoms with E-state index in [0.29, 0.717) is 24.5 Å². The first kappa shape index (κ1) is 16.8. The summed E-state index contributed by atoms with van der Waals surface area (Å²) >= 11 is 0. The Hall–Kier alpha value is -1.55. The molecule has 0 amide bonds. The van der Waals surface area contributed by atoms with E-state index < -0.39 is 0 Å². The Morgan fingerprint density at radius 2 is 1.91 bits per heavy atom. The van der Waals surface area contributed by atoms with Gasteiger partial charge < -0.3 is 14.4 Å². The molecule has 1 saturated heterocycles. The third kappa shape index (κ3) is 5.34. The number of ether oxygens (including phenoxy) is 2. The summed E-state index contributed by atoms with van der Waals surface area (Å²) in [6.07, 6.45) is 7.26. The molecule has 1 N–H and O–H groups in total. The van der Waals surface area contributed by atoms with Crippen LogP contribution in [-0.2, 0) is 0 Å². The van der Waals surface area contributed by atoms with Crippen LogP contribution in [0.1, 0.15) is 49.4 Å². The van der Waals surface area contributed by atoms with Gasteiger partial charge in [-0.1, -0.05) is 0 Å². The van der Waals surface area contributed by atoms with E-state index in [0.717, 1.165) is 18.5 Å². The largest absolute Gasteiger partial charge is 0.490 e. The number of hydrogen-bond acceptors (Lipinski definition) is 3. The van der Waals surface area contributed by atoms with Crippen molar-refractivity contribution in [3.8, 4) is 11.5 Å². The van der Waals surface area contributed by atoms with Gasteiger partial charge in [0, 0.05) is 5.56 Å². The molecular weight excluding hydrogens is 278 g/mol. The molecule has 1 heterocycles. The summed E-state index contributed by atoms with van der Waals surface area (Å²) in [7, 11) is 0. The topological polar surface area (TPSA) is 40.0 Å². The first-order chi connectivity index (χ1) is 10.8. The highest BCUT2D eigenvalue weighted by molar-refractivity contribution is 5.76. The van der Waals surface area contributed by atoms with Gasteiger partial charge >= 0.3 is 0 Å². The van der Waals surface area contributed by atoms with Crippen LogP contribution in [0.15, 0.2) is 18.2 Å². The van der Waals surface area contributed by atoms with E-state index in [9.17, 15) is 4.79 Å². The minimum Gasteiger partial charge on any atom is -0.490 e. The predicted molar refractivity (Wildman–Crippen MR) is 87.1 cm³/mol. The number of piperidine rings is 1. The lowest BCUT2D eigenvalue weighted by atomic mass is 10.1. The number of rotatable bonds is 9. The van der Waals surface area contributed by atoms with Crippen molar-refractivity contribution in [2.24, 2.45) is 0 Å². The van der Waals surface area contributed by atoms with E-state index >= 15 is 0 Å². The van der Waals surface area contributed by atoms with E-state index in [2.05, 4.69) is 0 Å². The molecule has 1 aliphatic rings. The number of quaternary nitrogens is 1. The van der Waals surface area contributed by atoms with Crippen LogP contribution in [0.3, 0.4) is 0 Å². The van der Waals surface area contributed by atoms with E-state index in [-0.39, 0.29) is 0 Å². The van der Waals surface area contributed by atoms with Crippen LogP contribution in [0.5, 0.6) is 11.5 Å². The van der Waals surface area contributed by atoms with Crippen molar-refractivity contribution in [3.63, 3.8) is 0 Å². The van der Waals surface area contributed by atoms with Crippen LogP contribution in [0, 0.1) is 0 Å². The summed E-state index contributed by atoms with van der Waals surface area (Å²) in [4.78, 5) is 12.6. The second-order valence-corrected chi connectivity index (χ2v) is 5.87. The van der Waals surface area contributed by atoms with Gasteiger partial charge in [-0.15, -0.1) is 0 Å². The lowest BCUT2D eigenvalue weighted by Crippen LogP contribution is -3.12. The molecule has 2 rings (SSSR count). The lowest BCUT2D eigenvalue weighted by Gasteiger charge is -2.23. The summed E-state index contributed by atoms with van der Waals surface area (Å²) in [5.41, 5.74) is 0.615. The summed E-state index contributed by atoms with van der Waals surface area (Å²) < 4.78 is 11.4. The maximum absolute atomic E-state index is 10.8. The average Bonchev–Trinajstić information content (AvgIpc) is 2.57. The molecule has 122 valence electrons. The molecule has 0 aromatic heterocycles. The van der Waals surface area contributed by atoms with Crippen molar-refractivity contribution in [2.45, 2.75) is 39.0 Å². The highest BCUT2D eigenvalue weighted by atomic mass is 16.5. The van der Waals surface area contributed by atoms with Crippen molar-refractivity contribution in [2.75, 3.05) is 32.8 Å². The lowest BCUT2D eigenvalue weighted by molar-refractivity contribution is -0.905. The van der Waals surface area contributed by atoms with E-state index in [1.807, 2.05) is 13.0 Å². The second-order valence-electron chi connectivity index (χ2n) is 5.87. The SMILES string of the molecule is CCOc1cc(C=O)ccc1OCCCC[NH+]1CCCCC1. The van der Waals surface area contributed by atoms with Gasteiger partial charge in [-0.25, -0.2) is 0 Å². The first-order valence-electron chi connectivity index (χ1n) is 8.52. The van der Waals surface area contributed by atoms with Crippen molar-refractivity contribution in [3.05, 3.63) is 23.8 Å². The van der Waals surface area contributed by atoms with Crippen LogP contribution in [0.2, 0.25) is 0 Å².